The minimum absolute atomic E-state index is 0.0719. The number of benzene rings is 3. The SMILES string of the molecule is CN(c1ccccc1)S(=O)(=O)c1cccc(C(=O)NCCCc2ccc(Cl)cc2)c1. The predicted octanol–water partition coefficient (Wildman–Crippen LogP) is 4.53. The lowest BCUT2D eigenvalue weighted by molar-refractivity contribution is 0.0953. The van der Waals surface area contributed by atoms with Crippen LogP contribution in [0.5, 0.6) is 0 Å². The lowest BCUT2D eigenvalue weighted by Gasteiger charge is -2.19. The van der Waals surface area contributed by atoms with Gasteiger partial charge in [0, 0.05) is 24.2 Å². The van der Waals surface area contributed by atoms with Crippen molar-refractivity contribution in [1.29, 1.82) is 0 Å². The Balaban J connectivity index is 1.62. The van der Waals surface area contributed by atoms with E-state index < -0.39 is 10.0 Å². The van der Waals surface area contributed by atoms with E-state index in [2.05, 4.69) is 5.32 Å². The van der Waals surface area contributed by atoms with Crippen LogP contribution in [0.25, 0.3) is 0 Å². The first-order chi connectivity index (χ1) is 14.4. The Labute approximate surface area is 182 Å². The second-order valence-corrected chi connectivity index (χ2v) is 9.23. The first kappa shape index (κ1) is 21.9. The molecule has 3 aromatic rings. The molecule has 156 valence electrons. The Morgan fingerprint density at radius 1 is 0.967 bits per heavy atom. The largest absolute Gasteiger partial charge is 0.352 e. The Hall–Kier alpha value is -2.83. The van der Waals surface area contributed by atoms with E-state index in [1.54, 1.807) is 36.4 Å². The van der Waals surface area contributed by atoms with Crippen LogP contribution in [-0.4, -0.2) is 27.9 Å². The normalized spacial score (nSPS) is 11.1. The summed E-state index contributed by atoms with van der Waals surface area (Å²) >= 11 is 5.88. The van der Waals surface area contributed by atoms with Gasteiger partial charge in [0.2, 0.25) is 0 Å². The van der Waals surface area contributed by atoms with Gasteiger partial charge in [0.25, 0.3) is 15.9 Å². The lowest BCUT2D eigenvalue weighted by atomic mass is 10.1. The van der Waals surface area contributed by atoms with Crippen molar-refractivity contribution in [3.8, 4) is 0 Å². The molecule has 30 heavy (non-hydrogen) atoms. The van der Waals surface area contributed by atoms with Gasteiger partial charge in [-0.15, -0.1) is 0 Å². The van der Waals surface area contributed by atoms with Crippen molar-refractivity contribution in [1.82, 2.24) is 5.32 Å². The Morgan fingerprint density at radius 2 is 1.67 bits per heavy atom. The summed E-state index contributed by atoms with van der Waals surface area (Å²) in [5, 5.41) is 3.54. The first-order valence-corrected chi connectivity index (χ1v) is 11.4. The average Bonchev–Trinajstić information content (AvgIpc) is 2.78. The average molecular weight is 443 g/mol. The van der Waals surface area contributed by atoms with E-state index in [1.807, 2.05) is 30.3 Å². The first-order valence-electron chi connectivity index (χ1n) is 9.54. The van der Waals surface area contributed by atoms with Gasteiger partial charge in [0.1, 0.15) is 0 Å². The summed E-state index contributed by atoms with van der Waals surface area (Å²) in [5.41, 5.74) is 2.00. The third-order valence-electron chi connectivity index (χ3n) is 4.72. The van der Waals surface area contributed by atoms with Gasteiger partial charge in [-0.1, -0.05) is 48.0 Å². The molecular weight excluding hydrogens is 420 g/mol. The monoisotopic (exact) mass is 442 g/mol. The van der Waals surface area contributed by atoms with Crippen LogP contribution in [0.3, 0.4) is 0 Å². The molecule has 0 saturated heterocycles. The maximum Gasteiger partial charge on any atom is 0.264 e. The van der Waals surface area contributed by atoms with Crippen molar-refractivity contribution in [2.45, 2.75) is 17.7 Å². The molecule has 0 bridgehead atoms. The number of rotatable bonds is 8. The number of nitrogens with zero attached hydrogens (tertiary/aromatic N) is 1. The molecule has 0 aromatic heterocycles. The van der Waals surface area contributed by atoms with Gasteiger partial charge in [0.15, 0.2) is 0 Å². The van der Waals surface area contributed by atoms with Crippen LogP contribution in [0.15, 0.2) is 83.8 Å². The molecule has 3 rings (SSSR count). The number of carbonyl (C=O) groups excluding carboxylic acids is 1. The summed E-state index contributed by atoms with van der Waals surface area (Å²) in [4.78, 5) is 12.6. The van der Waals surface area contributed by atoms with Crippen LogP contribution in [0.4, 0.5) is 5.69 Å². The van der Waals surface area contributed by atoms with E-state index in [-0.39, 0.29) is 10.8 Å². The van der Waals surface area contributed by atoms with Crippen LogP contribution in [0.2, 0.25) is 5.02 Å². The van der Waals surface area contributed by atoms with Gasteiger partial charge < -0.3 is 5.32 Å². The van der Waals surface area contributed by atoms with Crippen LogP contribution in [0, 0.1) is 0 Å². The molecule has 0 spiro atoms. The third kappa shape index (κ3) is 5.40. The van der Waals surface area contributed by atoms with Crippen molar-refractivity contribution in [2.24, 2.45) is 0 Å². The molecule has 1 amide bonds. The van der Waals surface area contributed by atoms with Gasteiger partial charge in [-0.2, -0.15) is 0 Å². The Morgan fingerprint density at radius 3 is 2.37 bits per heavy atom. The molecule has 0 aliphatic rings. The minimum atomic E-state index is -3.77. The molecule has 1 N–H and O–H groups in total. The van der Waals surface area contributed by atoms with Crippen molar-refractivity contribution in [2.75, 3.05) is 17.9 Å². The van der Waals surface area contributed by atoms with Crippen molar-refractivity contribution in [3.05, 3.63) is 95.0 Å². The summed E-state index contributed by atoms with van der Waals surface area (Å²) in [5.74, 6) is -0.300. The zero-order valence-electron chi connectivity index (χ0n) is 16.6. The van der Waals surface area contributed by atoms with E-state index in [1.165, 1.54) is 23.5 Å². The second kappa shape index (κ2) is 9.78. The fourth-order valence-electron chi connectivity index (χ4n) is 2.98. The van der Waals surface area contributed by atoms with Gasteiger partial charge >= 0.3 is 0 Å². The number of amides is 1. The molecule has 5 nitrogen and oxygen atoms in total. The van der Waals surface area contributed by atoms with E-state index in [0.717, 1.165) is 18.4 Å². The quantitative estimate of drug-likeness (QED) is 0.521. The zero-order valence-corrected chi connectivity index (χ0v) is 18.2. The Kier molecular flexibility index (Phi) is 7.13. The maximum atomic E-state index is 12.9. The summed E-state index contributed by atoms with van der Waals surface area (Å²) < 4.78 is 27.1. The molecule has 0 fully saturated rings. The molecule has 0 saturated carbocycles. The zero-order chi connectivity index (χ0) is 21.6. The van der Waals surface area contributed by atoms with Crippen molar-refractivity contribution >= 4 is 33.2 Å². The van der Waals surface area contributed by atoms with E-state index >= 15 is 0 Å². The number of hydrogen-bond acceptors (Lipinski definition) is 3. The number of sulfonamides is 1. The van der Waals surface area contributed by atoms with Gasteiger partial charge in [-0.05, 0) is 60.9 Å². The molecule has 0 radical (unpaired) electrons. The number of aryl methyl sites for hydroxylation is 1. The number of halogens is 1. The molecule has 0 aliphatic carbocycles. The highest BCUT2D eigenvalue weighted by Crippen LogP contribution is 2.22. The number of para-hydroxylation sites is 1. The predicted molar refractivity (Wildman–Crippen MR) is 121 cm³/mol. The van der Waals surface area contributed by atoms with Crippen LogP contribution in [-0.2, 0) is 16.4 Å². The van der Waals surface area contributed by atoms with Crippen LogP contribution in [0.1, 0.15) is 22.3 Å². The molecule has 0 aliphatic heterocycles. The van der Waals surface area contributed by atoms with E-state index in [9.17, 15) is 13.2 Å². The number of anilines is 1. The fourth-order valence-corrected chi connectivity index (χ4v) is 4.35. The lowest BCUT2D eigenvalue weighted by Crippen LogP contribution is -2.28. The maximum absolute atomic E-state index is 12.9. The highest BCUT2D eigenvalue weighted by Gasteiger charge is 2.22. The van der Waals surface area contributed by atoms with Crippen LogP contribution < -0.4 is 9.62 Å². The standard InChI is InChI=1S/C23H23ClN2O3S/c1-26(21-9-3-2-4-10-21)30(28,29)22-11-5-8-19(17-22)23(27)25-16-6-7-18-12-14-20(24)15-13-18/h2-5,8-15,17H,6-7,16H2,1H3,(H,25,27). The Bertz CT molecular complexity index is 1100. The van der Waals surface area contributed by atoms with Crippen molar-refractivity contribution < 1.29 is 13.2 Å². The third-order valence-corrected chi connectivity index (χ3v) is 6.75. The minimum Gasteiger partial charge on any atom is -0.352 e. The van der Waals surface area contributed by atoms with E-state index in [4.69, 9.17) is 11.6 Å². The number of nitrogens with one attached hydrogen (secondary N) is 1. The summed E-state index contributed by atoms with van der Waals surface area (Å²) in [7, 11) is -2.28. The molecular formula is C23H23ClN2O3S. The summed E-state index contributed by atoms with van der Waals surface area (Å²) in [6, 6.07) is 22.5. The molecule has 0 atom stereocenters. The van der Waals surface area contributed by atoms with Gasteiger partial charge in [0.05, 0.1) is 10.6 Å². The molecule has 3 aromatic carbocycles. The topological polar surface area (TPSA) is 66.5 Å². The smallest absolute Gasteiger partial charge is 0.264 e. The van der Waals surface area contributed by atoms with Crippen LogP contribution >= 0.6 is 11.6 Å². The number of carbonyl (C=O) groups is 1. The summed E-state index contributed by atoms with van der Waals surface area (Å²) in [6.45, 7) is 0.488. The van der Waals surface area contributed by atoms with Gasteiger partial charge in [-0.3, -0.25) is 9.10 Å². The number of hydrogen-bond donors (Lipinski definition) is 1. The fraction of sp³-hybridized carbons (Fsp3) is 0.174. The molecule has 0 unspecified atom stereocenters. The molecule has 7 heteroatoms. The highest BCUT2D eigenvalue weighted by atomic mass is 35.5. The highest BCUT2D eigenvalue weighted by molar-refractivity contribution is 7.92. The van der Waals surface area contributed by atoms with E-state index in [0.29, 0.717) is 22.8 Å². The second-order valence-electron chi connectivity index (χ2n) is 6.82. The molecule has 0 heterocycles. The van der Waals surface area contributed by atoms with Crippen molar-refractivity contribution in [3.63, 3.8) is 0 Å². The van der Waals surface area contributed by atoms with Gasteiger partial charge in [-0.25, -0.2) is 8.42 Å². The summed E-state index contributed by atoms with van der Waals surface area (Å²) in [6.07, 6.45) is 1.58.